The van der Waals surface area contributed by atoms with E-state index < -0.39 is 0 Å². The first-order valence-corrected chi connectivity index (χ1v) is 7.16. The van der Waals surface area contributed by atoms with Crippen LogP contribution in [0.3, 0.4) is 0 Å². The van der Waals surface area contributed by atoms with Gasteiger partial charge in [0.05, 0.1) is 6.20 Å². The van der Waals surface area contributed by atoms with Crippen LogP contribution in [0.2, 0.25) is 0 Å². The maximum absolute atomic E-state index is 4.27. The van der Waals surface area contributed by atoms with E-state index in [0.717, 1.165) is 5.92 Å². The Balaban J connectivity index is 1.75. The Bertz CT molecular complexity index is 614. The molecule has 0 radical (unpaired) electrons. The van der Waals surface area contributed by atoms with Crippen molar-refractivity contribution in [2.45, 2.75) is 31.2 Å². The molecule has 2 unspecified atom stereocenters. The smallest absolute Gasteiger partial charge is 0.0568 e. The molecule has 1 aromatic heterocycles. The predicted molar refractivity (Wildman–Crippen MR) is 76.1 cm³/mol. The van der Waals surface area contributed by atoms with Gasteiger partial charge in [0.2, 0.25) is 0 Å². The second-order valence-corrected chi connectivity index (χ2v) is 5.83. The number of nitrogens with zero attached hydrogens (tertiary/aromatic N) is 2. The van der Waals surface area contributed by atoms with Gasteiger partial charge in [-0.15, -0.1) is 0 Å². The molecule has 3 heteroatoms. The van der Waals surface area contributed by atoms with Gasteiger partial charge in [0.25, 0.3) is 0 Å². The minimum Gasteiger partial charge on any atom is -0.313 e. The minimum atomic E-state index is 0.674. The number of aromatic nitrogens is 2. The van der Waals surface area contributed by atoms with Crippen LogP contribution in [-0.4, -0.2) is 22.4 Å². The first-order chi connectivity index (χ1) is 9.31. The number of rotatable bonds is 1. The summed E-state index contributed by atoms with van der Waals surface area (Å²) in [5.41, 5.74) is 5.63. The van der Waals surface area contributed by atoms with Gasteiger partial charge in [-0.25, -0.2) is 0 Å². The maximum Gasteiger partial charge on any atom is 0.0568 e. The number of hydrogen-bond donors (Lipinski definition) is 1. The Kier molecular flexibility index (Phi) is 2.49. The second kappa shape index (κ2) is 4.20. The molecule has 2 aliphatic rings. The highest BCUT2D eigenvalue weighted by Gasteiger charge is 2.33. The fourth-order valence-electron chi connectivity index (χ4n) is 3.65. The lowest BCUT2D eigenvalue weighted by atomic mass is 9.89. The summed E-state index contributed by atoms with van der Waals surface area (Å²) in [5, 5.41) is 7.95. The summed E-state index contributed by atoms with van der Waals surface area (Å²) in [5.74, 6) is 0.723. The first kappa shape index (κ1) is 11.2. The normalized spacial score (nSPS) is 25.1. The zero-order valence-corrected chi connectivity index (χ0v) is 11.3. The molecule has 1 aromatic carbocycles. The van der Waals surface area contributed by atoms with E-state index in [0.29, 0.717) is 6.04 Å². The standard InChI is InChI=1S/C16H19N3/c1-19-10-13(9-18-19)11-4-5-12-8-16-14(15(12)7-11)3-2-6-17-16/h4-5,7,9-10,14,16-17H,2-3,6,8H2,1H3. The topological polar surface area (TPSA) is 29.9 Å². The number of benzene rings is 1. The van der Waals surface area contributed by atoms with Gasteiger partial charge < -0.3 is 5.32 Å². The van der Waals surface area contributed by atoms with E-state index in [1.165, 1.54) is 42.5 Å². The molecule has 0 spiro atoms. The van der Waals surface area contributed by atoms with Gasteiger partial charge in [-0.05, 0) is 48.4 Å². The molecule has 2 aromatic rings. The minimum absolute atomic E-state index is 0.674. The molecule has 1 fully saturated rings. The van der Waals surface area contributed by atoms with Crippen LogP contribution >= 0.6 is 0 Å². The summed E-state index contributed by atoms with van der Waals surface area (Å²) >= 11 is 0. The summed E-state index contributed by atoms with van der Waals surface area (Å²) in [6.07, 6.45) is 7.88. The lowest BCUT2D eigenvalue weighted by molar-refractivity contribution is 0.372. The molecule has 3 nitrogen and oxygen atoms in total. The fourth-order valence-corrected chi connectivity index (χ4v) is 3.65. The van der Waals surface area contributed by atoms with Crippen LogP contribution in [0, 0.1) is 0 Å². The van der Waals surface area contributed by atoms with Gasteiger partial charge in [-0.1, -0.05) is 18.2 Å². The molecule has 0 amide bonds. The van der Waals surface area contributed by atoms with Crippen molar-refractivity contribution in [1.82, 2.24) is 15.1 Å². The lowest BCUT2D eigenvalue weighted by Gasteiger charge is -2.27. The molecule has 1 aliphatic carbocycles. The molecular weight excluding hydrogens is 234 g/mol. The average Bonchev–Trinajstić information content (AvgIpc) is 3.01. The molecule has 19 heavy (non-hydrogen) atoms. The monoisotopic (exact) mass is 253 g/mol. The fraction of sp³-hybridized carbons (Fsp3) is 0.438. The van der Waals surface area contributed by atoms with Gasteiger partial charge in [-0.2, -0.15) is 5.10 Å². The van der Waals surface area contributed by atoms with E-state index in [9.17, 15) is 0 Å². The van der Waals surface area contributed by atoms with Crippen molar-refractivity contribution in [2.75, 3.05) is 6.54 Å². The summed E-state index contributed by atoms with van der Waals surface area (Å²) in [6.45, 7) is 1.19. The molecular formula is C16H19N3. The average molecular weight is 253 g/mol. The van der Waals surface area contributed by atoms with E-state index >= 15 is 0 Å². The third-order valence-corrected chi connectivity index (χ3v) is 4.61. The first-order valence-electron chi connectivity index (χ1n) is 7.16. The van der Waals surface area contributed by atoms with Crippen LogP contribution in [0.5, 0.6) is 0 Å². The third kappa shape index (κ3) is 1.80. The number of fused-ring (bicyclic) bond motifs is 3. The van der Waals surface area contributed by atoms with Gasteiger partial charge in [0.15, 0.2) is 0 Å². The SMILES string of the molecule is Cn1cc(-c2ccc3c(c2)C2CCCNC2C3)cn1. The largest absolute Gasteiger partial charge is 0.313 e. The van der Waals surface area contributed by atoms with Gasteiger partial charge in [0, 0.05) is 24.8 Å². The van der Waals surface area contributed by atoms with E-state index in [-0.39, 0.29) is 0 Å². The lowest BCUT2D eigenvalue weighted by Crippen LogP contribution is -2.37. The quantitative estimate of drug-likeness (QED) is 0.846. The van der Waals surface area contributed by atoms with Crippen molar-refractivity contribution in [2.24, 2.45) is 7.05 Å². The number of aryl methyl sites for hydroxylation is 1. The molecule has 0 bridgehead atoms. The van der Waals surface area contributed by atoms with Crippen LogP contribution in [0.15, 0.2) is 30.6 Å². The number of nitrogens with one attached hydrogen (secondary N) is 1. The van der Waals surface area contributed by atoms with Crippen molar-refractivity contribution in [1.29, 1.82) is 0 Å². The molecule has 4 rings (SSSR count). The van der Waals surface area contributed by atoms with Crippen LogP contribution in [0.1, 0.15) is 29.9 Å². The Morgan fingerprint density at radius 2 is 2.26 bits per heavy atom. The van der Waals surface area contributed by atoms with E-state index in [1.807, 2.05) is 17.9 Å². The zero-order valence-electron chi connectivity index (χ0n) is 11.3. The van der Waals surface area contributed by atoms with Gasteiger partial charge in [0.1, 0.15) is 0 Å². The van der Waals surface area contributed by atoms with E-state index in [1.54, 1.807) is 5.56 Å². The van der Waals surface area contributed by atoms with Crippen molar-refractivity contribution in [3.8, 4) is 11.1 Å². The Labute approximate surface area is 113 Å². The van der Waals surface area contributed by atoms with Crippen molar-refractivity contribution in [3.63, 3.8) is 0 Å². The van der Waals surface area contributed by atoms with E-state index in [4.69, 9.17) is 0 Å². The summed E-state index contributed by atoms with van der Waals surface area (Å²) < 4.78 is 1.87. The molecule has 98 valence electrons. The maximum atomic E-state index is 4.27. The Hall–Kier alpha value is -1.61. The van der Waals surface area contributed by atoms with Crippen molar-refractivity contribution in [3.05, 3.63) is 41.7 Å². The number of piperidine rings is 1. The molecule has 2 heterocycles. The van der Waals surface area contributed by atoms with Crippen LogP contribution in [0.4, 0.5) is 0 Å². The molecule has 1 saturated heterocycles. The van der Waals surface area contributed by atoms with Gasteiger partial charge in [-0.3, -0.25) is 4.68 Å². The Morgan fingerprint density at radius 3 is 3.11 bits per heavy atom. The van der Waals surface area contributed by atoms with E-state index in [2.05, 4.69) is 34.8 Å². The highest BCUT2D eigenvalue weighted by molar-refractivity contribution is 5.64. The predicted octanol–water partition coefficient (Wildman–Crippen LogP) is 2.48. The summed E-state index contributed by atoms with van der Waals surface area (Å²) in [4.78, 5) is 0. The zero-order chi connectivity index (χ0) is 12.8. The van der Waals surface area contributed by atoms with Crippen LogP contribution in [-0.2, 0) is 13.5 Å². The van der Waals surface area contributed by atoms with Crippen molar-refractivity contribution < 1.29 is 0 Å². The second-order valence-electron chi connectivity index (χ2n) is 5.83. The summed E-state index contributed by atoms with van der Waals surface area (Å²) in [6, 6.07) is 7.63. The summed E-state index contributed by atoms with van der Waals surface area (Å²) in [7, 11) is 1.97. The van der Waals surface area contributed by atoms with Gasteiger partial charge >= 0.3 is 0 Å². The highest BCUT2D eigenvalue weighted by Crippen LogP contribution is 2.40. The molecule has 0 saturated carbocycles. The number of hydrogen-bond acceptors (Lipinski definition) is 2. The van der Waals surface area contributed by atoms with Crippen molar-refractivity contribution >= 4 is 0 Å². The van der Waals surface area contributed by atoms with Crippen LogP contribution < -0.4 is 5.32 Å². The Morgan fingerprint density at radius 1 is 1.32 bits per heavy atom. The third-order valence-electron chi connectivity index (χ3n) is 4.61. The van der Waals surface area contributed by atoms with Crippen LogP contribution in [0.25, 0.3) is 11.1 Å². The molecule has 1 aliphatic heterocycles. The molecule has 2 atom stereocenters. The highest BCUT2D eigenvalue weighted by atomic mass is 15.2. The molecule has 1 N–H and O–H groups in total.